The molecular formula is C19H14N2O3. The molecule has 2 aromatic heterocycles. The lowest BCUT2D eigenvalue weighted by molar-refractivity contribution is 0.110. The number of aromatic nitrogens is 2. The van der Waals surface area contributed by atoms with Crippen molar-refractivity contribution in [1.29, 1.82) is 0 Å². The first-order valence-electron chi connectivity index (χ1n) is 7.46. The summed E-state index contributed by atoms with van der Waals surface area (Å²) in [6.45, 7) is 0. The summed E-state index contributed by atoms with van der Waals surface area (Å²) >= 11 is 0. The van der Waals surface area contributed by atoms with Gasteiger partial charge in [0.25, 0.3) is 0 Å². The lowest BCUT2D eigenvalue weighted by atomic mass is 10.1. The van der Waals surface area contributed by atoms with E-state index in [1.54, 1.807) is 19.2 Å². The van der Waals surface area contributed by atoms with E-state index >= 15 is 0 Å². The Balaban J connectivity index is 1.68. The first kappa shape index (κ1) is 14.3. The lowest BCUT2D eigenvalue weighted by Crippen LogP contribution is -1.81. The van der Waals surface area contributed by atoms with Gasteiger partial charge in [-0.05, 0) is 24.3 Å². The molecule has 0 spiro atoms. The van der Waals surface area contributed by atoms with E-state index in [1.165, 1.54) is 0 Å². The van der Waals surface area contributed by atoms with Crippen LogP contribution in [-0.4, -0.2) is 23.4 Å². The molecule has 0 radical (unpaired) electrons. The first-order valence-corrected chi connectivity index (χ1v) is 7.46. The highest BCUT2D eigenvalue weighted by Gasteiger charge is 2.08. The van der Waals surface area contributed by atoms with Crippen molar-refractivity contribution < 1.29 is 13.9 Å². The normalized spacial score (nSPS) is 10.9. The third kappa shape index (κ3) is 2.46. The van der Waals surface area contributed by atoms with Crippen LogP contribution in [0.5, 0.6) is 5.75 Å². The van der Waals surface area contributed by atoms with Crippen LogP contribution in [0.15, 0.2) is 59.0 Å². The van der Waals surface area contributed by atoms with Gasteiger partial charge in [-0.2, -0.15) is 0 Å². The second-order valence-corrected chi connectivity index (χ2v) is 5.37. The molecule has 0 saturated carbocycles. The highest BCUT2D eigenvalue weighted by molar-refractivity contribution is 5.81. The van der Waals surface area contributed by atoms with Crippen LogP contribution >= 0.6 is 0 Å². The Hall–Kier alpha value is -3.34. The number of fused-ring (bicyclic) bond motifs is 1. The summed E-state index contributed by atoms with van der Waals surface area (Å²) in [7, 11) is 1.64. The number of nitrogens with one attached hydrogen (secondary N) is 1. The molecule has 0 unspecified atom stereocenters. The fourth-order valence-corrected chi connectivity index (χ4v) is 2.62. The van der Waals surface area contributed by atoms with E-state index in [2.05, 4.69) is 9.97 Å². The molecule has 5 nitrogen and oxygen atoms in total. The molecule has 0 aliphatic rings. The Kier molecular flexibility index (Phi) is 3.39. The predicted molar refractivity (Wildman–Crippen MR) is 91.2 cm³/mol. The van der Waals surface area contributed by atoms with Gasteiger partial charge < -0.3 is 14.1 Å². The van der Waals surface area contributed by atoms with Crippen LogP contribution in [0, 0.1) is 0 Å². The Morgan fingerprint density at radius 1 is 1.04 bits per heavy atom. The average molecular weight is 318 g/mol. The van der Waals surface area contributed by atoms with E-state index in [1.807, 2.05) is 42.5 Å². The van der Waals surface area contributed by atoms with Crippen LogP contribution in [0.4, 0.5) is 0 Å². The molecule has 24 heavy (non-hydrogen) atoms. The van der Waals surface area contributed by atoms with Gasteiger partial charge in [0.15, 0.2) is 12.0 Å². The number of hydrogen-bond donors (Lipinski definition) is 1. The molecule has 4 rings (SSSR count). The highest BCUT2D eigenvalue weighted by Crippen LogP contribution is 2.27. The van der Waals surface area contributed by atoms with Crippen molar-refractivity contribution in [2.75, 3.05) is 7.11 Å². The molecule has 4 aromatic rings. The summed E-state index contributed by atoms with van der Waals surface area (Å²) in [5.41, 5.74) is 3.69. The number of benzene rings is 2. The topological polar surface area (TPSA) is 68.1 Å². The maximum atomic E-state index is 10.7. The zero-order chi connectivity index (χ0) is 16.5. The first-order chi connectivity index (χ1) is 11.8. The number of aromatic amines is 1. The number of rotatable bonds is 4. The molecular weight excluding hydrogens is 304 g/mol. The van der Waals surface area contributed by atoms with Crippen LogP contribution in [0.2, 0.25) is 0 Å². The van der Waals surface area contributed by atoms with Crippen LogP contribution in [0.1, 0.15) is 10.6 Å². The number of H-pyrrole nitrogens is 1. The van der Waals surface area contributed by atoms with Crippen molar-refractivity contribution in [3.8, 4) is 28.5 Å². The van der Waals surface area contributed by atoms with Gasteiger partial charge in [0.05, 0.1) is 18.1 Å². The summed E-state index contributed by atoms with van der Waals surface area (Å²) in [6, 6.07) is 17.0. The minimum atomic E-state index is 0.320. The maximum absolute atomic E-state index is 10.7. The van der Waals surface area contributed by atoms with Crippen molar-refractivity contribution >= 4 is 17.3 Å². The number of nitrogens with zero attached hydrogens (tertiary/aromatic N) is 1. The van der Waals surface area contributed by atoms with Crippen LogP contribution in [0.3, 0.4) is 0 Å². The second kappa shape index (κ2) is 5.70. The molecule has 0 atom stereocenters. The number of ether oxygens (including phenoxy) is 1. The molecule has 1 N–H and O–H groups in total. The summed E-state index contributed by atoms with van der Waals surface area (Å²) in [4.78, 5) is 18.6. The summed E-state index contributed by atoms with van der Waals surface area (Å²) in [6.07, 6.45) is 0.695. The summed E-state index contributed by atoms with van der Waals surface area (Å²) in [5.74, 6) is 2.56. The van der Waals surface area contributed by atoms with E-state index in [-0.39, 0.29) is 0 Å². The van der Waals surface area contributed by atoms with Gasteiger partial charge in [-0.1, -0.05) is 24.3 Å². The van der Waals surface area contributed by atoms with Crippen molar-refractivity contribution in [3.63, 3.8) is 0 Å². The lowest BCUT2D eigenvalue weighted by Gasteiger charge is -1.99. The number of imidazole rings is 1. The van der Waals surface area contributed by atoms with Gasteiger partial charge >= 0.3 is 0 Å². The molecule has 2 aromatic carbocycles. The zero-order valence-corrected chi connectivity index (χ0v) is 12.9. The SMILES string of the molecule is COc1ccc2nc(-c3ccc(-c4ccc(C=O)o4)cc3)[nH]c2c1. The smallest absolute Gasteiger partial charge is 0.185 e. The summed E-state index contributed by atoms with van der Waals surface area (Å²) in [5, 5.41) is 0. The van der Waals surface area contributed by atoms with E-state index in [9.17, 15) is 4.79 Å². The van der Waals surface area contributed by atoms with Crippen molar-refractivity contribution in [2.24, 2.45) is 0 Å². The van der Waals surface area contributed by atoms with Crippen molar-refractivity contribution in [3.05, 3.63) is 60.4 Å². The van der Waals surface area contributed by atoms with Crippen molar-refractivity contribution in [1.82, 2.24) is 9.97 Å². The Bertz CT molecular complexity index is 1010. The van der Waals surface area contributed by atoms with Crippen LogP contribution in [-0.2, 0) is 0 Å². The maximum Gasteiger partial charge on any atom is 0.185 e. The molecule has 2 heterocycles. The van der Waals surface area contributed by atoms with Crippen molar-refractivity contribution in [2.45, 2.75) is 0 Å². The summed E-state index contributed by atoms with van der Waals surface area (Å²) < 4.78 is 10.7. The molecule has 118 valence electrons. The van der Waals surface area contributed by atoms with Gasteiger partial charge in [-0.25, -0.2) is 4.98 Å². The minimum absolute atomic E-state index is 0.320. The largest absolute Gasteiger partial charge is 0.497 e. The molecule has 0 aliphatic carbocycles. The molecule has 5 heteroatoms. The van der Waals surface area contributed by atoms with Gasteiger partial charge in [-0.3, -0.25) is 4.79 Å². The number of furan rings is 1. The fourth-order valence-electron chi connectivity index (χ4n) is 2.62. The minimum Gasteiger partial charge on any atom is -0.497 e. The Labute approximate surface area is 137 Å². The standard InChI is InChI=1S/C19H14N2O3/c1-23-14-6-8-16-17(10-14)21-19(20-16)13-4-2-12(3-5-13)18-9-7-15(11-22)24-18/h2-11H,1H3,(H,20,21). The third-order valence-electron chi connectivity index (χ3n) is 3.87. The van der Waals surface area contributed by atoms with Crippen LogP contribution < -0.4 is 4.74 Å². The van der Waals surface area contributed by atoms with Gasteiger partial charge in [0.1, 0.15) is 17.3 Å². The molecule has 0 amide bonds. The average Bonchev–Trinajstić information content (AvgIpc) is 3.27. The van der Waals surface area contributed by atoms with Gasteiger partial charge in [-0.15, -0.1) is 0 Å². The molecule has 0 bridgehead atoms. The quantitative estimate of drug-likeness (QED) is 0.569. The molecule has 0 fully saturated rings. The van der Waals surface area contributed by atoms with Crippen LogP contribution in [0.25, 0.3) is 33.7 Å². The monoisotopic (exact) mass is 318 g/mol. The van der Waals surface area contributed by atoms with Gasteiger partial charge in [0, 0.05) is 17.2 Å². The fraction of sp³-hybridized carbons (Fsp3) is 0.0526. The van der Waals surface area contributed by atoms with E-state index in [0.717, 1.165) is 33.7 Å². The van der Waals surface area contributed by atoms with E-state index in [4.69, 9.17) is 9.15 Å². The van der Waals surface area contributed by atoms with E-state index in [0.29, 0.717) is 17.8 Å². The zero-order valence-electron chi connectivity index (χ0n) is 12.9. The predicted octanol–water partition coefficient (Wildman–Crippen LogP) is 4.31. The Morgan fingerprint density at radius 2 is 1.83 bits per heavy atom. The number of carbonyl (C=O) groups is 1. The number of carbonyl (C=O) groups excluding carboxylic acids is 1. The highest BCUT2D eigenvalue weighted by atomic mass is 16.5. The van der Waals surface area contributed by atoms with Gasteiger partial charge in [0.2, 0.25) is 0 Å². The van der Waals surface area contributed by atoms with E-state index < -0.39 is 0 Å². The number of aldehydes is 1. The number of hydrogen-bond acceptors (Lipinski definition) is 4. The molecule has 0 saturated heterocycles. The third-order valence-corrected chi connectivity index (χ3v) is 3.87. The second-order valence-electron chi connectivity index (χ2n) is 5.37. The Morgan fingerprint density at radius 3 is 2.54 bits per heavy atom. The number of methoxy groups -OCH3 is 1. The molecule has 0 aliphatic heterocycles.